The number of rotatable bonds is 2. The van der Waals surface area contributed by atoms with Crippen molar-refractivity contribution in [1.82, 2.24) is 9.78 Å². The Kier molecular flexibility index (Phi) is 2.56. The molecule has 0 fully saturated rings. The average molecular weight is 216 g/mol. The van der Waals surface area contributed by atoms with Crippen LogP contribution in [0.15, 0.2) is 36.5 Å². The predicted molar refractivity (Wildman–Crippen MR) is 63.1 cm³/mol. The van der Waals surface area contributed by atoms with Gasteiger partial charge in [0, 0.05) is 13.2 Å². The van der Waals surface area contributed by atoms with Crippen LogP contribution in [-0.2, 0) is 12.6 Å². The maximum atomic E-state index is 10.5. The van der Waals surface area contributed by atoms with Gasteiger partial charge in [0.25, 0.3) is 0 Å². The standard InChI is InChI=1S/C13H16N2O/c1-10-4-6-11(7-5-10)13(2,16)12-8-9-15(3)14-12/h4-9,16H,1-3H3. The maximum absolute atomic E-state index is 10.5. The van der Waals surface area contributed by atoms with Crippen molar-refractivity contribution >= 4 is 0 Å². The van der Waals surface area contributed by atoms with Crippen molar-refractivity contribution in [3.8, 4) is 0 Å². The second-order valence-corrected chi connectivity index (χ2v) is 4.31. The van der Waals surface area contributed by atoms with Gasteiger partial charge in [0.1, 0.15) is 5.60 Å². The topological polar surface area (TPSA) is 38.0 Å². The van der Waals surface area contributed by atoms with Crippen LogP contribution in [-0.4, -0.2) is 14.9 Å². The lowest BCUT2D eigenvalue weighted by atomic mass is 9.92. The summed E-state index contributed by atoms with van der Waals surface area (Å²) >= 11 is 0. The number of hydrogen-bond acceptors (Lipinski definition) is 2. The van der Waals surface area contributed by atoms with Gasteiger partial charge in [-0.2, -0.15) is 5.10 Å². The number of hydrogen-bond donors (Lipinski definition) is 1. The van der Waals surface area contributed by atoms with Gasteiger partial charge in [-0.05, 0) is 25.5 Å². The summed E-state index contributed by atoms with van der Waals surface area (Å²) in [6.07, 6.45) is 1.83. The van der Waals surface area contributed by atoms with Gasteiger partial charge in [0.15, 0.2) is 0 Å². The van der Waals surface area contributed by atoms with E-state index < -0.39 is 5.60 Å². The first-order valence-electron chi connectivity index (χ1n) is 5.30. The van der Waals surface area contributed by atoms with Gasteiger partial charge in [0.2, 0.25) is 0 Å². The van der Waals surface area contributed by atoms with E-state index in [1.807, 2.05) is 50.5 Å². The van der Waals surface area contributed by atoms with E-state index in [9.17, 15) is 5.11 Å². The van der Waals surface area contributed by atoms with Crippen LogP contribution in [0.25, 0.3) is 0 Å². The van der Waals surface area contributed by atoms with Gasteiger partial charge in [0.05, 0.1) is 5.69 Å². The summed E-state index contributed by atoms with van der Waals surface area (Å²) < 4.78 is 1.69. The molecule has 1 atom stereocenters. The summed E-state index contributed by atoms with van der Waals surface area (Å²) in [5, 5.41) is 14.7. The Hall–Kier alpha value is -1.61. The highest BCUT2D eigenvalue weighted by Gasteiger charge is 2.27. The number of nitrogens with zero attached hydrogens (tertiary/aromatic N) is 2. The van der Waals surface area contributed by atoms with Crippen molar-refractivity contribution in [3.63, 3.8) is 0 Å². The lowest BCUT2D eigenvalue weighted by Gasteiger charge is -2.21. The van der Waals surface area contributed by atoms with Crippen LogP contribution in [0, 0.1) is 6.92 Å². The Morgan fingerprint density at radius 3 is 2.31 bits per heavy atom. The highest BCUT2D eigenvalue weighted by Crippen LogP contribution is 2.27. The fourth-order valence-electron chi connectivity index (χ4n) is 1.70. The van der Waals surface area contributed by atoms with Gasteiger partial charge in [-0.3, -0.25) is 4.68 Å². The Morgan fingerprint density at radius 2 is 1.81 bits per heavy atom. The third-order valence-corrected chi connectivity index (χ3v) is 2.83. The molecule has 0 saturated heterocycles. The number of benzene rings is 1. The first-order chi connectivity index (χ1) is 7.50. The molecule has 1 aromatic heterocycles. The molecule has 84 valence electrons. The molecule has 2 rings (SSSR count). The Balaban J connectivity index is 2.42. The molecule has 0 aliphatic rings. The normalized spacial score (nSPS) is 14.8. The van der Waals surface area contributed by atoms with Crippen LogP contribution in [0.4, 0.5) is 0 Å². The number of aromatic nitrogens is 2. The van der Waals surface area contributed by atoms with Gasteiger partial charge >= 0.3 is 0 Å². The predicted octanol–water partition coefficient (Wildman–Crippen LogP) is 1.98. The smallest absolute Gasteiger partial charge is 0.130 e. The summed E-state index contributed by atoms with van der Waals surface area (Å²) in [6, 6.07) is 9.69. The molecular weight excluding hydrogens is 200 g/mol. The number of aryl methyl sites for hydroxylation is 2. The monoisotopic (exact) mass is 216 g/mol. The highest BCUT2D eigenvalue weighted by molar-refractivity contribution is 5.32. The second-order valence-electron chi connectivity index (χ2n) is 4.31. The van der Waals surface area contributed by atoms with Crippen molar-refractivity contribution in [2.24, 2.45) is 7.05 Å². The fourth-order valence-corrected chi connectivity index (χ4v) is 1.70. The Bertz CT molecular complexity index is 483. The molecule has 0 amide bonds. The van der Waals surface area contributed by atoms with Crippen LogP contribution in [0.5, 0.6) is 0 Å². The molecule has 0 spiro atoms. The average Bonchev–Trinajstić information content (AvgIpc) is 2.66. The lowest BCUT2D eigenvalue weighted by Crippen LogP contribution is -2.23. The maximum Gasteiger partial charge on any atom is 0.130 e. The van der Waals surface area contributed by atoms with Crippen LogP contribution in [0.3, 0.4) is 0 Å². The molecule has 16 heavy (non-hydrogen) atoms. The second kappa shape index (κ2) is 3.76. The molecule has 2 aromatic rings. The van der Waals surface area contributed by atoms with E-state index >= 15 is 0 Å². The van der Waals surface area contributed by atoms with E-state index in [2.05, 4.69) is 5.10 Å². The SMILES string of the molecule is Cc1ccc(C(C)(O)c2ccn(C)n2)cc1. The Morgan fingerprint density at radius 1 is 1.19 bits per heavy atom. The van der Waals surface area contributed by atoms with E-state index in [1.54, 1.807) is 11.6 Å². The van der Waals surface area contributed by atoms with Gasteiger partial charge < -0.3 is 5.11 Å². The van der Waals surface area contributed by atoms with Gasteiger partial charge in [-0.15, -0.1) is 0 Å². The van der Waals surface area contributed by atoms with Crippen LogP contribution < -0.4 is 0 Å². The van der Waals surface area contributed by atoms with Crippen LogP contribution >= 0.6 is 0 Å². The van der Waals surface area contributed by atoms with Crippen molar-refractivity contribution in [3.05, 3.63) is 53.3 Å². The molecule has 0 radical (unpaired) electrons. The molecule has 1 heterocycles. The molecule has 0 bridgehead atoms. The summed E-state index contributed by atoms with van der Waals surface area (Å²) in [7, 11) is 1.84. The molecule has 0 aliphatic heterocycles. The quantitative estimate of drug-likeness (QED) is 0.833. The zero-order chi connectivity index (χ0) is 11.8. The van der Waals surface area contributed by atoms with Crippen LogP contribution in [0.1, 0.15) is 23.7 Å². The summed E-state index contributed by atoms with van der Waals surface area (Å²) in [5.74, 6) is 0. The molecule has 3 heteroatoms. The molecular formula is C13H16N2O. The minimum Gasteiger partial charge on any atom is -0.379 e. The first kappa shape index (κ1) is 10.9. The minimum absolute atomic E-state index is 0.666. The van der Waals surface area contributed by atoms with Crippen LogP contribution in [0.2, 0.25) is 0 Å². The molecule has 0 saturated carbocycles. The van der Waals surface area contributed by atoms with Crippen molar-refractivity contribution in [1.29, 1.82) is 0 Å². The fraction of sp³-hybridized carbons (Fsp3) is 0.308. The third-order valence-electron chi connectivity index (χ3n) is 2.83. The van der Waals surface area contributed by atoms with Gasteiger partial charge in [-0.25, -0.2) is 0 Å². The Labute approximate surface area is 95.3 Å². The molecule has 1 N–H and O–H groups in total. The largest absolute Gasteiger partial charge is 0.379 e. The summed E-state index contributed by atoms with van der Waals surface area (Å²) in [5.41, 5.74) is 1.67. The lowest BCUT2D eigenvalue weighted by molar-refractivity contribution is 0.0967. The van der Waals surface area contributed by atoms with E-state index in [4.69, 9.17) is 0 Å². The zero-order valence-corrected chi connectivity index (χ0v) is 9.81. The van der Waals surface area contributed by atoms with Crippen molar-refractivity contribution in [2.45, 2.75) is 19.4 Å². The summed E-state index contributed by atoms with van der Waals surface area (Å²) in [6.45, 7) is 3.79. The summed E-state index contributed by atoms with van der Waals surface area (Å²) in [4.78, 5) is 0. The first-order valence-corrected chi connectivity index (χ1v) is 5.30. The third kappa shape index (κ3) is 1.86. The zero-order valence-electron chi connectivity index (χ0n) is 9.81. The van der Waals surface area contributed by atoms with E-state index in [1.165, 1.54) is 5.56 Å². The van der Waals surface area contributed by atoms with Gasteiger partial charge in [-0.1, -0.05) is 29.8 Å². The van der Waals surface area contributed by atoms with E-state index in [0.717, 1.165) is 5.56 Å². The highest BCUT2D eigenvalue weighted by atomic mass is 16.3. The van der Waals surface area contributed by atoms with Crippen molar-refractivity contribution in [2.75, 3.05) is 0 Å². The number of aliphatic hydroxyl groups is 1. The van der Waals surface area contributed by atoms with E-state index in [0.29, 0.717) is 5.69 Å². The molecule has 1 unspecified atom stereocenters. The molecule has 3 nitrogen and oxygen atoms in total. The molecule has 0 aliphatic carbocycles. The minimum atomic E-state index is -1.03. The molecule has 1 aromatic carbocycles. The van der Waals surface area contributed by atoms with Crippen molar-refractivity contribution < 1.29 is 5.11 Å². The van der Waals surface area contributed by atoms with E-state index in [-0.39, 0.29) is 0 Å².